The van der Waals surface area contributed by atoms with Gasteiger partial charge in [-0.2, -0.15) is 13.2 Å². The van der Waals surface area contributed by atoms with E-state index in [-0.39, 0.29) is 34.0 Å². The molecule has 0 spiro atoms. The molecule has 10 heteroatoms. The summed E-state index contributed by atoms with van der Waals surface area (Å²) in [7, 11) is -3.86. The predicted molar refractivity (Wildman–Crippen MR) is 78.4 cm³/mol. The maximum absolute atomic E-state index is 12.2. The van der Waals surface area contributed by atoms with Crippen LogP contribution >= 0.6 is 11.8 Å². The number of sulfonamides is 1. The molecule has 0 bridgehead atoms. The molecule has 5 nitrogen and oxygen atoms in total. The van der Waals surface area contributed by atoms with Gasteiger partial charge in [0, 0.05) is 4.90 Å². The third-order valence-electron chi connectivity index (χ3n) is 2.85. The molecular weight excluding hydrogens is 353 g/mol. The normalized spacial score (nSPS) is 12.6. The topological polar surface area (TPSA) is 72.2 Å². The summed E-state index contributed by atoms with van der Waals surface area (Å²) < 4.78 is 68.4. The van der Waals surface area contributed by atoms with Crippen LogP contribution in [0.15, 0.2) is 38.5 Å². The van der Waals surface area contributed by atoms with Crippen molar-refractivity contribution in [2.75, 3.05) is 0 Å². The van der Waals surface area contributed by atoms with Crippen LogP contribution < -0.4 is 4.72 Å². The smallest absolute Gasteiger partial charge is 0.444 e. The van der Waals surface area contributed by atoms with Crippen LogP contribution in [0.25, 0.3) is 0 Å². The first kappa shape index (κ1) is 17.8. The Morgan fingerprint density at radius 2 is 1.83 bits per heavy atom. The second-order valence-electron chi connectivity index (χ2n) is 4.59. The van der Waals surface area contributed by atoms with Crippen LogP contribution in [0.4, 0.5) is 13.2 Å². The van der Waals surface area contributed by atoms with Gasteiger partial charge in [0.1, 0.15) is 5.76 Å². The van der Waals surface area contributed by atoms with Gasteiger partial charge in [-0.25, -0.2) is 18.1 Å². The van der Waals surface area contributed by atoms with Gasteiger partial charge in [-0.15, -0.1) is 0 Å². The molecule has 2 aromatic rings. The second-order valence-corrected chi connectivity index (χ2v) is 7.50. The largest absolute Gasteiger partial charge is 0.446 e. The van der Waals surface area contributed by atoms with Gasteiger partial charge in [0.05, 0.1) is 17.1 Å². The molecule has 0 aliphatic rings. The first-order chi connectivity index (χ1) is 10.6. The summed E-state index contributed by atoms with van der Waals surface area (Å²) in [6, 6.07) is 4.43. The molecule has 1 heterocycles. The van der Waals surface area contributed by atoms with Gasteiger partial charge in [-0.05, 0) is 49.9 Å². The maximum Gasteiger partial charge on any atom is 0.446 e. The lowest BCUT2D eigenvalue weighted by Crippen LogP contribution is -2.23. The highest BCUT2D eigenvalue weighted by Crippen LogP contribution is 2.36. The van der Waals surface area contributed by atoms with Crippen molar-refractivity contribution in [2.45, 2.75) is 35.7 Å². The van der Waals surface area contributed by atoms with Gasteiger partial charge in [0.25, 0.3) is 0 Å². The van der Waals surface area contributed by atoms with Crippen molar-refractivity contribution in [1.82, 2.24) is 9.71 Å². The molecule has 0 radical (unpaired) electrons. The van der Waals surface area contributed by atoms with Crippen molar-refractivity contribution >= 4 is 21.8 Å². The highest BCUT2D eigenvalue weighted by molar-refractivity contribution is 8.00. The number of benzene rings is 1. The standard InChI is InChI=1S/C13H13F3N2O3S2/c1-8-9(2)21-12(18-8)7-17-23(19,20)11-5-3-10(4-6-11)22-13(14,15)16/h3-6,17H,7H2,1-2H3. The number of halogens is 3. The Labute approximate surface area is 135 Å². The molecule has 126 valence electrons. The van der Waals surface area contributed by atoms with Crippen LogP contribution in [0.2, 0.25) is 0 Å². The molecular formula is C13H13F3N2O3S2. The quantitative estimate of drug-likeness (QED) is 0.822. The molecule has 0 amide bonds. The van der Waals surface area contributed by atoms with Gasteiger partial charge in [0.15, 0.2) is 0 Å². The molecule has 0 atom stereocenters. The first-order valence-electron chi connectivity index (χ1n) is 6.35. The third kappa shape index (κ3) is 4.98. The number of aromatic nitrogens is 1. The fraction of sp³-hybridized carbons (Fsp3) is 0.308. The number of hydrogen-bond donors (Lipinski definition) is 1. The average molecular weight is 366 g/mol. The Kier molecular flexibility index (Phi) is 5.07. The van der Waals surface area contributed by atoms with Gasteiger partial charge in [0.2, 0.25) is 15.9 Å². The van der Waals surface area contributed by atoms with Crippen molar-refractivity contribution in [3.05, 3.63) is 41.6 Å². The Balaban J connectivity index is 2.07. The molecule has 1 aromatic carbocycles. The Bertz CT molecular complexity index is 764. The van der Waals surface area contributed by atoms with Crippen LogP contribution in [-0.4, -0.2) is 18.9 Å². The summed E-state index contributed by atoms with van der Waals surface area (Å²) in [4.78, 5) is 3.82. The fourth-order valence-corrected chi connectivity index (χ4v) is 3.19. The van der Waals surface area contributed by atoms with Crippen LogP contribution in [0, 0.1) is 13.8 Å². The molecule has 0 unspecified atom stereocenters. The van der Waals surface area contributed by atoms with Gasteiger partial charge in [-0.3, -0.25) is 0 Å². The Morgan fingerprint density at radius 1 is 1.22 bits per heavy atom. The number of aryl methyl sites for hydroxylation is 2. The minimum absolute atomic E-state index is 0.0876. The van der Waals surface area contributed by atoms with E-state index in [4.69, 9.17) is 4.42 Å². The molecule has 0 saturated carbocycles. The van der Waals surface area contributed by atoms with E-state index in [1.165, 1.54) is 0 Å². The van der Waals surface area contributed by atoms with Crippen LogP contribution in [-0.2, 0) is 16.6 Å². The third-order valence-corrected chi connectivity index (χ3v) is 5.01. The summed E-state index contributed by atoms with van der Waals surface area (Å²) in [6.45, 7) is 3.29. The molecule has 23 heavy (non-hydrogen) atoms. The van der Waals surface area contributed by atoms with E-state index >= 15 is 0 Å². The van der Waals surface area contributed by atoms with Gasteiger partial charge < -0.3 is 4.42 Å². The summed E-state index contributed by atoms with van der Waals surface area (Å²) in [5.74, 6) is 0.806. The van der Waals surface area contributed by atoms with E-state index < -0.39 is 15.5 Å². The lowest BCUT2D eigenvalue weighted by molar-refractivity contribution is -0.0328. The van der Waals surface area contributed by atoms with E-state index in [1.54, 1.807) is 13.8 Å². The van der Waals surface area contributed by atoms with Gasteiger partial charge in [-0.1, -0.05) is 0 Å². The molecule has 0 fully saturated rings. The number of rotatable bonds is 5. The molecule has 0 saturated heterocycles. The monoisotopic (exact) mass is 366 g/mol. The highest BCUT2D eigenvalue weighted by atomic mass is 32.2. The number of alkyl halides is 3. The maximum atomic E-state index is 12.2. The molecule has 0 aliphatic carbocycles. The lowest BCUT2D eigenvalue weighted by Gasteiger charge is -2.07. The average Bonchev–Trinajstić information content (AvgIpc) is 2.75. The van der Waals surface area contributed by atoms with Crippen molar-refractivity contribution in [3.8, 4) is 0 Å². The first-order valence-corrected chi connectivity index (χ1v) is 8.65. The second kappa shape index (κ2) is 6.54. The lowest BCUT2D eigenvalue weighted by atomic mass is 10.4. The van der Waals surface area contributed by atoms with E-state index in [1.807, 2.05) is 0 Å². The number of hydrogen-bond acceptors (Lipinski definition) is 5. The van der Waals surface area contributed by atoms with Crippen LogP contribution in [0.1, 0.15) is 17.3 Å². The SMILES string of the molecule is Cc1nc(CNS(=O)(=O)c2ccc(SC(F)(F)F)cc2)oc1C. The zero-order chi connectivity index (χ0) is 17.3. The highest BCUT2D eigenvalue weighted by Gasteiger charge is 2.29. The van der Waals surface area contributed by atoms with Crippen molar-refractivity contribution in [3.63, 3.8) is 0 Å². The zero-order valence-corrected chi connectivity index (χ0v) is 13.8. The molecule has 0 aliphatic heterocycles. The predicted octanol–water partition coefficient (Wildman–Crippen LogP) is 3.38. The van der Waals surface area contributed by atoms with Crippen molar-refractivity contribution < 1.29 is 26.0 Å². The number of thioether (sulfide) groups is 1. The van der Waals surface area contributed by atoms with E-state index in [0.717, 1.165) is 24.3 Å². The van der Waals surface area contributed by atoms with Crippen molar-refractivity contribution in [2.24, 2.45) is 0 Å². The Morgan fingerprint density at radius 3 is 2.30 bits per heavy atom. The summed E-state index contributed by atoms with van der Waals surface area (Å²) >= 11 is -0.306. The van der Waals surface area contributed by atoms with Crippen molar-refractivity contribution in [1.29, 1.82) is 0 Å². The fourth-order valence-electron chi connectivity index (χ4n) is 1.68. The molecule has 2 rings (SSSR count). The molecule has 1 aromatic heterocycles. The Hall–Kier alpha value is -1.52. The van der Waals surface area contributed by atoms with E-state index in [9.17, 15) is 21.6 Å². The number of nitrogens with one attached hydrogen (secondary N) is 1. The summed E-state index contributed by atoms with van der Waals surface area (Å²) in [6.07, 6.45) is 0. The van der Waals surface area contributed by atoms with Gasteiger partial charge >= 0.3 is 5.51 Å². The number of oxazole rings is 1. The van der Waals surface area contributed by atoms with E-state index in [0.29, 0.717) is 11.5 Å². The minimum atomic E-state index is -4.42. The van der Waals surface area contributed by atoms with E-state index in [2.05, 4.69) is 9.71 Å². The summed E-state index contributed by atoms with van der Waals surface area (Å²) in [5.41, 5.74) is -3.76. The van der Waals surface area contributed by atoms with Crippen LogP contribution in [0.5, 0.6) is 0 Å². The zero-order valence-electron chi connectivity index (χ0n) is 12.1. The minimum Gasteiger partial charge on any atom is -0.444 e. The van der Waals surface area contributed by atoms with Crippen LogP contribution in [0.3, 0.4) is 0 Å². The summed E-state index contributed by atoms with van der Waals surface area (Å²) in [5, 5.41) is 0. The number of nitrogens with zero attached hydrogens (tertiary/aromatic N) is 1. The molecule has 1 N–H and O–H groups in total.